The minimum absolute atomic E-state index is 0.0488. The zero-order valence-corrected chi connectivity index (χ0v) is 14.2. The van der Waals surface area contributed by atoms with E-state index in [2.05, 4.69) is 9.98 Å². The number of carbonyl (C=O) groups is 1. The van der Waals surface area contributed by atoms with E-state index in [-0.39, 0.29) is 10.6 Å². The molecule has 2 aromatic carbocycles. The highest BCUT2D eigenvalue weighted by atomic mass is 32.1. The monoisotopic (exact) mass is 353 g/mol. The Labute approximate surface area is 144 Å². The third-order valence-electron chi connectivity index (χ3n) is 3.56. The first kappa shape index (κ1) is 14.9. The topological polar surface area (TPSA) is 63.8 Å². The summed E-state index contributed by atoms with van der Waals surface area (Å²) in [6, 6.07) is 14.6. The first-order valence-electron chi connectivity index (χ1n) is 7.19. The number of hydrogen-bond acceptors (Lipinski definition) is 5. The Morgan fingerprint density at radius 3 is 2.67 bits per heavy atom. The lowest BCUT2D eigenvalue weighted by atomic mass is 10.1. The van der Waals surface area contributed by atoms with Crippen molar-refractivity contribution in [2.24, 2.45) is 4.99 Å². The standard InChI is InChI=1S/C17H11N3O2S2/c1-10-6-8-11(9-7-10)14(21)18-16-19-17-20(24-16)13-5-3-2-4-12(13)15(22)23-17/h2-9H,1H3. The number of para-hydroxylation sites is 1. The summed E-state index contributed by atoms with van der Waals surface area (Å²) in [5.41, 5.74) is 2.37. The fourth-order valence-corrected chi connectivity index (χ4v) is 4.17. The van der Waals surface area contributed by atoms with E-state index >= 15 is 0 Å². The quantitative estimate of drug-likeness (QED) is 0.528. The molecular weight excluding hydrogens is 342 g/mol. The Morgan fingerprint density at radius 2 is 1.88 bits per heavy atom. The van der Waals surface area contributed by atoms with Crippen LogP contribution in [0.15, 0.2) is 58.3 Å². The van der Waals surface area contributed by atoms with Crippen molar-refractivity contribution >= 4 is 44.6 Å². The molecule has 0 saturated carbocycles. The molecular formula is C17H11N3O2S2. The van der Waals surface area contributed by atoms with Gasteiger partial charge in [0.05, 0.1) is 10.9 Å². The molecule has 0 spiro atoms. The molecule has 0 N–H and O–H groups in total. The normalized spacial score (nSPS) is 12.1. The lowest BCUT2D eigenvalue weighted by molar-refractivity contribution is 0.0998. The van der Waals surface area contributed by atoms with Gasteiger partial charge in [0.25, 0.3) is 5.91 Å². The number of aromatic nitrogens is 2. The molecule has 0 bridgehead atoms. The maximum atomic E-state index is 12.3. The molecule has 0 aliphatic carbocycles. The van der Waals surface area contributed by atoms with Crippen LogP contribution < -0.4 is 9.54 Å². The number of fused-ring (bicyclic) bond motifs is 3. The summed E-state index contributed by atoms with van der Waals surface area (Å²) in [7, 11) is 0. The molecule has 0 aliphatic rings. The van der Waals surface area contributed by atoms with Crippen molar-refractivity contribution in [3.63, 3.8) is 0 Å². The van der Waals surface area contributed by atoms with Crippen LogP contribution in [-0.2, 0) is 0 Å². The molecule has 1 amide bonds. The number of benzene rings is 2. The number of nitrogens with zero attached hydrogens (tertiary/aromatic N) is 3. The van der Waals surface area contributed by atoms with E-state index in [9.17, 15) is 9.59 Å². The largest absolute Gasteiger partial charge is 0.279 e. The van der Waals surface area contributed by atoms with Crippen LogP contribution in [-0.4, -0.2) is 14.7 Å². The van der Waals surface area contributed by atoms with E-state index in [4.69, 9.17) is 0 Å². The summed E-state index contributed by atoms with van der Waals surface area (Å²) in [4.78, 5) is 33.7. The van der Waals surface area contributed by atoms with Crippen LogP contribution in [0, 0.1) is 6.92 Å². The molecule has 0 saturated heterocycles. The lowest BCUT2D eigenvalue weighted by Crippen LogP contribution is -2.04. The van der Waals surface area contributed by atoms with E-state index in [1.54, 1.807) is 18.2 Å². The number of amides is 1. The zero-order valence-electron chi connectivity index (χ0n) is 12.6. The second-order valence-electron chi connectivity index (χ2n) is 5.25. The van der Waals surface area contributed by atoms with Gasteiger partial charge in [0.1, 0.15) is 0 Å². The van der Waals surface area contributed by atoms with Crippen LogP contribution in [0.2, 0.25) is 0 Å². The van der Waals surface area contributed by atoms with Gasteiger partial charge >= 0.3 is 0 Å². The molecule has 0 unspecified atom stereocenters. The summed E-state index contributed by atoms with van der Waals surface area (Å²) in [5, 5.41) is 0.639. The average molecular weight is 353 g/mol. The van der Waals surface area contributed by atoms with Gasteiger partial charge in [-0.1, -0.05) is 41.2 Å². The van der Waals surface area contributed by atoms with Gasteiger partial charge in [-0.3, -0.25) is 9.59 Å². The molecule has 4 aromatic rings. The summed E-state index contributed by atoms with van der Waals surface area (Å²) in [6.07, 6.45) is 0. The molecule has 118 valence electrons. The second-order valence-corrected chi connectivity index (χ2v) is 7.11. The smallest absolute Gasteiger partial charge is 0.277 e. The molecule has 0 aliphatic heterocycles. The van der Waals surface area contributed by atoms with Gasteiger partial charge in [-0.25, -0.2) is 3.79 Å². The van der Waals surface area contributed by atoms with Crippen LogP contribution >= 0.6 is 22.9 Å². The molecule has 5 nitrogen and oxygen atoms in total. The van der Waals surface area contributed by atoms with E-state index in [0.717, 1.165) is 22.4 Å². The van der Waals surface area contributed by atoms with Gasteiger partial charge in [-0.2, -0.15) is 9.98 Å². The maximum absolute atomic E-state index is 12.3. The highest BCUT2D eigenvalue weighted by Crippen LogP contribution is 2.16. The predicted octanol–water partition coefficient (Wildman–Crippen LogP) is 3.02. The number of aryl methyl sites for hydroxylation is 1. The SMILES string of the molecule is Cc1ccc(C(=O)N=c2nc3sc(=O)c4ccccc4n3s2)cc1. The Bertz CT molecular complexity index is 1200. The molecule has 2 heterocycles. The summed E-state index contributed by atoms with van der Waals surface area (Å²) in [6.45, 7) is 1.96. The van der Waals surface area contributed by atoms with Crippen molar-refractivity contribution < 1.29 is 4.79 Å². The first-order chi connectivity index (χ1) is 11.6. The van der Waals surface area contributed by atoms with Crippen LogP contribution in [0.5, 0.6) is 0 Å². The van der Waals surface area contributed by atoms with Crippen LogP contribution in [0.3, 0.4) is 0 Å². The molecule has 0 radical (unpaired) electrons. The van der Waals surface area contributed by atoms with Crippen molar-refractivity contribution in [1.82, 2.24) is 8.77 Å². The Hall–Kier alpha value is -2.64. The van der Waals surface area contributed by atoms with E-state index in [0.29, 0.717) is 20.7 Å². The average Bonchev–Trinajstić information content (AvgIpc) is 2.98. The van der Waals surface area contributed by atoms with Crippen molar-refractivity contribution in [3.05, 3.63) is 74.0 Å². The molecule has 7 heteroatoms. The predicted molar refractivity (Wildman–Crippen MR) is 95.8 cm³/mol. The second kappa shape index (κ2) is 5.77. The Morgan fingerprint density at radius 1 is 1.12 bits per heavy atom. The van der Waals surface area contributed by atoms with Gasteiger partial charge in [0, 0.05) is 5.56 Å². The molecule has 0 atom stereocenters. The molecule has 4 rings (SSSR count). The molecule has 0 fully saturated rings. The number of carbonyl (C=O) groups excluding carboxylic acids is 1. The van der Waals surface area contributed by atoms with Crippen LogP contribution in [0.25, 0.3) is 15.9 Å². The van der Waals surface area contributed by atoms with Crippen molar-refractivity contribution in [1.29, 1.82) is 0 Å². The maximum Gasteiger partial charge on any atom is 0.279 e. The number of hydrogen-bond donors (Lipinski definition) is 0. The number of rotatable bonds is 1. The third-order valence-corrected chi connectivity index (χ3v) is 5.44. The highest BCUT2D eigenvalue weighted by Gasteiger charge is 2.09. The van der Waals surface area contributed by atoms with Gasteiger partial charge in [-0.15, -0.1) is 0 Å². The Kier molecular flexibility index (Phi) is 3.59. The lowest BCUT2D eigenvalue weighted by Gasteiger charge is -1.97. The Balaban J connectivity index is 1.88. The summed E-state index contributed by atoms with van der Waals surface area (Å²) >= 11 is 2.30. The fraction of sp³-hybridized carbons (Fsp3) is 0.0588. The minimum Gasteiger partial charge on any atom is -0.277 e. The minimum atomic E-state index is -0.341. The first-order valence-corrected chi connectivity index (χ1v) is 8.78. The zero-order chi connectivity index (χ0) is 16.7. The third kappa shape index (κ3) is 2.57. The highest BCUT2D eigenvalue weighted by molar-refractivity contribution is 7.17. The van der Waals surface area contributed by atoms with Crippen LogP contribution in [0.1, 0.15) is 15.9 Å². The summed E-state index contributed by atoms with van der Waals surface area (Å²) in [5.74, 6) is -0.341. The van der Waals surface area contributed by atoms with E-state index in [1.165, 1.54) is 11.5 Å². The fourth-order valence-electron chi connectivity index (χ4n) is 2.34. The molecule has 24 heavy (non-hydrogen) atoms. The van der Waals surface area contributed by atoms with Crippen molar-refractivity contribution in [2.75, 3.05) is 0 Å². The van der Waals surface area contributed by atoms with Gasteiger partial charge < -0.3 is 0 Å². The summed E-state index contributed by atoms with van der Waals surface area (Å²) < 4.78 is 1.79. The van der Waals surface area contributed by atoms with Gasteiger partial charge in [-0.05, 0) is 42.7 Å². The van der Waals surface area contributed by atoms with E-state index < -0.39 is 0 Å². The van der Waals surface area contributed by atoms with E-state index in [1.807, 2.05) is 41.0 Å². The van der Waals surface area contributed by atoms with Gasteiger partial charge in [0.15, 0.2) is 0 Å². The van der Waals surface area contributed by atoms with Crippen molar-refractivity contribution in [3.8, 4) is 0 Å². The van der Waals surface area contributed by atoms with Gasteiger partial charge in [0.2, 0.25) is 14.5 Å². The van der Waals surface area contributed by atoms with Crippen molar-refractivity contribution in [2.45, 2.75) is 6.92 Å². The molecule has 2 aromatic heterocycles. The van der Waals surface area contributed by atoms with Crippen LogP contribution in [0.4, 0.5) is 0 Å².